The van der Waals surface area contributed by atoms with Gasteiger partial charge in [0, 0.05) is 17.6 Å². The van der Waals surface area contributed by atoms with E-state index < -0.39 is 11.9 Å². The van der Waals surface area contributed by atoms with Crippen LogP contribution in [0, 0.1) is 0 Å². The molecule has 0 unspecified atom stereocenters. The summed E-state index contributed by atoms with van der Waals surface area (Å²) in [5, 5.41) is 2.65. The lowest BCUT2D eigenvalue weighted by Gasteiger charge is -2.22. The second-order valence-corrected chi connectivity index (χ2v) is 7.58. The molecule has 30 heavy (non-hydrogen) atoms. The average molecular weight is 420 g/mol. The molecule has 4 aromatic rings. The summed E-state index contributed by atoms with van der Waals surface area (Å²) in [6.07, 6.45) is 1.62. The molecule has 0 spiro atoms. The maximum Gasteiger partial charge on any atom is 0.297 e. The molecule has 0 N–H and O–H groups in total. The predicted molar refractivity (Wildman–Crippen MR) is 113 cm³/mol. The van der Waals surface area contributed by atoms with Crippen molar-refractivity contribution in [3.63, 3.8) is 0 Å². The van der Waals surface area contributed by atoms with Gasteiger partial charge in [-0.1, -0.05) is 12.1 Å². The third kappa shape index (κ3) is 2.68. The van der Waals surface area contributed by atoms with E-state index in [1.807, 2.05) is 24.3 Å². The number of carbonyl (C=O) groups excluding carboxylic acids is 1. The molecule has 5 rings (SSSR count). The van der Waals surface area contributed by atoms with Gasteiger partial charge in [0.25, 0.3) is 5.91 Å². The molecule has 0 saturated carbocycles. The van der Waals surface area contributed by atoms with Crippen molar-refractivity contribution in [1.29, 1.82) is 0 Å². The minimum atomic E-state index is -0.670. The second-order valence-electron chi connectivity index (χ2n) is 6.71. The zero-order valence-electron chi connectivity index (χ0n) is 16.1. The van der Waals surface area contributed by atoms with E-state index in [0.29, 0.717) is 33.2 Å². The monoisotopic (exact) mass is 420 g/mol. The first-order valence-corrected chi connectivity index (χ1v) is 10.0. The van der Waals surface area contributed by atoms with Crippen molar-refractivity contribution in [1.82, 2.24) is 4.98 Å². The first-order chi connectivity index (χ1) is 14.6. The van der Waals surface area contributed by atoms with Gasteiger partial charge in [0.1, 0.15) is 17.1 Å². The number of thiazole rings is 1. The third-order valence-electron chi connectivity index (χ3n) is 5.11. The number of anilines is 1. The van der Waals surface area contributed by atoms with E-state index in [2.05, 4.69) is 4.98 Å². The standard InChI is InChI=1S/C22H16N2O5S/c1-27-13-5-3-4-12(10-13)18-17-19(25)15-7-6-14(28-2)11-16(15)29-20(17)21(26)24(18)22-23-8-9-30-22/h3-11,18H,1-2H3/t18-/m1/s1. The van der Waals surface area contributed by atoms with Crippen LogP contribution in [-0.4, -0.2) is 25.1 Å². The molecule has 150 valence electrons. The zero-order chi connectivity index (χ0) is 20.8. The van der Waals surface area contributed by atoms with E-state index in [9.17, 15) is 9.59 Å². The van der Waals surface area contributed by atoms with Crippen molar-refractivity contribution >= 4 is 33.3 Å². The minimum Gasteiger partial charge on any atom is -0.497 e. The summed E-state index contributed by atoms with van der Waals surface area (Å²) in [5.41, 5.74) is 1.07. The molecule has 2 aromatic carbocycles. The lowest BCUT2D eigenvalue weighted by Crippen LogP contribution is -2.29. The SMILES string of the molecule is COc1cccc([C@@H]2c3c(oc4cc(OC)ccc4c3=O)C(=O)N2c2nccs2)c1. The Bertz CT molecular complexity index is 1330. The molecule has 1 amide bonds. The van der Waals surface area contributed by atoms with Crippen LogP contribution in [0.5, 0.6) is 11.5 Å². The molecule has 8 heteroatoms. The Kier molecular flexibility index (Phi) is 4.29. The lowest BCUT2D eigenvalue weighted by atomic mass is 9.98. The lowest BCUT2D eigenvalue weighted by molar-refractivity contribution is 0.0971. The molecule has 7 nitrogen and oxygen atoms in total. The van der Waals surface area contributed by atoms with Crippen molar-refractivity contribution in [2.45, 2.75) is 6.04 Å². The topological polar surface area (TPSA) is 81.9 Å². The maximum atomic E-state index is 13.5. The summed E-state index contributed by atoms with van der Waals surface area (Å²) in [6.45, 7) is 0. The quantitative estimate of drug-likeness (QED) is 0.496. The summed E-state index contributed by atoms with van der Waals surface area (Å²) in [4.78, 5) is 32.7. The van der Waals surface area contributed by atoms with E-state index in [1.54, 1.807) is 36.9 Å². The molecule has 0 radical (unpaired) electrons. The Hall–Kier alpha value is -3.65. The van der Waals surface area contributed by atoms with E-state index in [4.69, 9.17) is 13.9 Å². The maximum absolute atomic E-state index is 13.5. The van der Waals surface area contributed by atoms with Gasteiger partial charge in [-0.05, 0) is 29.8 Å². The Labute approximate surface area is 175 Å². The predicted octanol–water partition coefficient (Wildman–Crippen LogP) is 4.02. The smallest absolute Gasteiger partial charge is 0.297 e. The van der Waals surface area contributed by atoms with Crippen molar-refractivity contribution in [2.75, 3.05) is 19.1 Å². The van der Waals surface area contributed by atoms with Crippen LogP contribution in [0.15, 0.2) is 63.3 Å². The summed E-state index contributed by atoms with van der Waals surface area (Å²) in [7, 11) is 3.10. The number of benzene rings is 2. The summed E-state index contributed by atoms with van der Waals surface area (Å²) >= 11 is 1.32. The summed E-state index contributed by atoms with van der Waals surface area (Å²) in [5.74, 6) is 0.776. The Morgan fingerprint density at radius 2 is 1.87 bits per heavy atom. The number of nitrogens with zero attached hydrogens (tertiary/aromatic N) is 2. The van der Waals surface area contributed by atoms with Gasteiger partial charge in [-0.25, -0.2) is 4.98 Å². The fourth-order valence-electron chi connectivity index (χ4n) is 3.74. The number of aromatic nitrogens is 1. The molecule has 0 bridgehead atoms. The molecular formula is C22H16N2O5S. The molecule has 3 heterocycles. The molecule has 0 saturated heterocycles. The number of amides is 1. The van der Waals surface area contributed by atoms with Crippen LogP contribution >= 0.6 is 11.3 Å². The molecule has 0 aliphatic carbocycles. The summed E-state index contributed by atoms with van der Waals surface area (Å²) in [6, 6.07) is 11.6. The minimum absolute atomic E-state index is 0.0174. The number of hydrogen-bond acceptors (Lipinski definition) is 7. The van der Waals surface area contributed by atoms with E-state index in [1.165, 1.54) is 23.3 Å². The van der Waals surface area contributed by atoms with Gasteiger partial charge < -0.3 is 13.9 Å². The normalized spacial score (nSPS) is 15.5. The number of methoxy groups -OCH3 is 2. The van der Waals surface area contributed by atoms with Crippen molar-refractivity contribution in [3.05, 3.63) is 81.2 Å². The first kappa shape index (κ1) is 18.4. The van der Waals surface area contributed by atoms with Gasteiger partial charge in [0.05, 0.1) is 31.2 Å². The van der Waals surface area contributed by atoms with Gasteiger partial charge >= 0.3 is 0 Å². The van der Waals surface area contributed by atoms with Crippen LogP contribution in [0.1, 0.15) is 27.7 Å². The zero-order valence-corrected chi connectivity index (χ0v) is 16.9. The van der Waals surface area contributed by atoms with Gasteiger partial charge in [0.2, 0.25) is 5.76 Å². The first-order valence-electron chi connectivity index (χ1n) is 9.14. The Morgan fingerprint density at radius 3 is 2.60 bits per heavy atom. The van der Waals surface area contributed by atoms with Gasteiger partial charge in [-0.15, -0.1) is 11.3 Å². The Morgan fingerprint density at radius 1 is 1.07 bits per heavy atom. The van der Waals surface area contributed by atoms with Crippen LogP contribution < -0.4 is 19.8 Å². The van der Waals surface area contributed by atoms with Crippen molar-refractivity contribution in [2.24, 2.45) is 0 Å². The number of carbonyl (C=O) groups is 1. The highest BCUT2D eigenvalue weighted by atomic mass is 32.1. The van der Waals surface area contributed by atoms with Gasteiger partial charge in [0.15, 0.2) is 10.6 Å². The van der Waals surface area contributed by atoms with Crippen molar-refractivity contribution < 1.29 is 18.7 Å². The molecule has 1 aliphatic heterocycles. The van der Waals surface area contributed by atoms with Gasteiger partial charge in [-0.3, -0.25) is 14.5 Å². The number of ether oxygens (including phenoxy) is 2. The van der Waals surface area contributed by atoms with E-state index in [0.717, 1.165) is 5.56 Å². The van der Waals surface area contributed by atoms with Crippen LogP contribution in [0.4, 0.5) is 5.13 Å². The average Bonchev–Trinajstić information content (AvgIpc) is 3.40. The van der Waals surface area contributed by atoms with E-state index in [-0.39, 0.29) is 11.2 Å². The largest absolute Gasteiger partial charge is 0.497 e. The van der Waals surface area contributed by atoms with Gasteiger partial charge in [-0.2, -0.15) is 0 Å². The molecule has 1 atom stereocenters. The van der Waals surface area contributed by atoms with Crippen LogP contribution in [-0.2, 0) is 0 Å². The van der Waals surface area contributed by atoms with Crippen LogP contribution in [0.25, 0.3) is 11.0 Å². The highest BCUT2D eigenvalue weighted by molar-refractivity contribution is 7.13. The van der Waals surface area contributed by atoms with E-state index >= 15 is 0 Å². The Balaban J connectivity index is 1.81. The van der Waals surface area contributed by atoms with Crippen LogP contribution in [0.2, 0.25) is 0 Å². The fourth-order valence-corrected chi connectivity index (χ4v) is 4.40. The second kappa shape index (κ2) is 7.00. The number of rotatable bonds is 4. The highest BCUT2D eigenvalue weighted by Crippen LogP contribution is 2.42. The number of fused-ring (bicyclic) bond motifs is 2. The van der Waals surface area contributed by atoms with Crippen LogP contribution in [0.3, 0.4) is 0 Å². The molecule has 2 aromatic heterocycles. The third-order valence-corrected chi connectivity index (χ3v) is 5.88. The van der Waals surface area contributed by atoms with Crippen molar-refractivity contribution in [3.8, 4) is 11.5 Å². The molecule has 0 fully saturated rings. The molecular weight excluding hydrogens is 404 g/mol. The highest BCUT2D eigenvalue weighted by Gasteiger charge is 2.44. The fraction of sp³-hybridized carbons (Fsp3) is 0.136. The number of hydrogen-bond donors (Lipinski definition) is 0. The summed E-state index contributed by atoms with van der Waals surface area (Å²) < 4.78 is 16.5. The molecule has 1 aliphatic rings.